The maximum atomic E-state index is 5.40. The van der Waals surface area contributed by atoms with Crippen LogP contribution in [0.1, 0.15) is 13.8 Å². The van der Waals surface area contributed by atoms with E-state index in [-0.39, 0.29) is 0 Å². The maximum Gasteiger partial charge on any atom is 0.0946 e. The second-order valence-electron chi connectivity index (χ2n) is 3.47. The first kappa shape index (κ1) is 11.2. The fraction of sp³-hybridized carbons (Fsp3) is 0.700. The molecule has 1 N–H and O–H groups in total. The van der Waals surface area contributed by atoms with E-state index in [0.29, 0.717) is 6.10 Å². The highest BCUT2D eigenvalue weighted by atomic mass is 16.5. The molecule has 0 aliphatic heterocycles. The first-order valence-electron chi connectivity index (χ1n) is 5.07. The third-order valence-electron chi connectivity index (χ3n) is 1.84. The number of nitrogens with zero attached hydrogens (tertiary/aromatic N) is 2. The van der Waals surface area contributed by atoms with E-state index in [2.05, 4.69) is 14.9 Å². The van der Waals surface area contributed by atoms with Gasteiger partial charge in [-0.1, -0.05) is 0 Å². The predicted octanol–water partition coefficient (Wildman–Crippen LogP) is 0.898. The van der Waals surface area contributed by atoms with Gasteiger partial charge in [0, 0.05) is 32.0 Å². The summed E-state index contributed by atoms with van der Waals surface area (Å²) in [6.07, 6.45) is 5.91. The van der Waals surface area contributed by atoms with Gasteiger partial charge in [-0.3, -0.25) is 0 Å². The minimum absolute atomic E-state index is 0.324. The predicted molar refractivity (Wildman–Crippen MR) is 56.2 cm³/mol. The van der Waals surface area contributed by atoms with E-state index in [9.17, 15) is 0 Å². The molecule has 1 rings (SSSR count). The third kappa shape index (κ3) is 4.99. The molecular formula is C10H19N3O. The summed E-state index contributed by atoms with van der Waals surface area (Å²) in [5.74, 6) is 0. The van der Waals surface area contributed by atoms with E-state index in [1.165, 1.54) is 0 Å². The molecule has 0 saturated heterocycles. The minimum Gasteiger partial charge on any atom is -0.377 e. The molecule has 4 nitrogen and oxygen atoms in total. The Hall–Kier alpha value is -0.870. The van der Waals surface area contributed by atoms with Crippen molar-refractivity contribution < 1.29 is 4.74 Å². The minimum atomic E-state index is 0.324. The molecule has 80 valence electrons. The van der Waals surface area contributed by atoms with Crippen LogP contribution in [0.5, 0.6) is 0 Å². The second-order valence-corrected chi connectivity index (χ2v) is 3.47. The van der Waals surface area contributed by atoms with Gasteiger partial charge in [-0.25, -0.2) is 4.98 Å². The number of imidazole rings is 1. The first-order chi connectivity index (χ1) is 6.79. The fourth-order valence-corrected chi connectivity index (χ4v) is 1.12. The van der Waals surface area contributed by atoms with Crippen LogP contribution < -0.4 is 5.32 Å². The van der Waals surface area contributed by atoms with Crippen LogP contribution in [0.3, 0.4) is 0 Å². The van der Waals surface area contributed by atoms with Gasteiger partial charge in [0.25, 0.3) is 0 Å². The topological polar surface area (TPSA) is 39.1 Å². The summed E-state index contributed by atoms with van der Waals surface area (Å²) in [6.45, 7) is 7.70. The molecule has 0 saturated carbocycles. The Kier molecular flexibility index (Phi) is 5.25. The Morgan fingerprint density at radius 3 is 2.93 bits per heavy atom. The fourth-order valence-electron chi connectivity index (χ4n) is 1.12. The molecule has 0 aliphatic rings. The number of hydrogen-bond acceptors (Lipinski definition) is 3. The summed E-state index contributed by atoms with van der Waals surface area (Å²) in [5.41, 5.74) is 0. The molecule has 1 heterocycles. The van der Waals surface area contributed by atoms with Gasteiger partial charge in [0.1, 0.15) is 0 Å². The van der Waals surface area contributed by atoms with Crippen molar-refractivity contribution in [2.75, 3.05) is 19.7 Å². The average Bonchev–Trinajstić information content (AvgIpc) is 2.63. The summed E-state index contributed by atoms with van der Waals surface area (Å²) in [5, 5.41) is 3.31. The van der Waals surface area contributed by atoms with Crippen LogP contribution in [0, 0.1) is 0 Å². The molecule has 4 heteroatoms. The Bertz CT molecular complexity index is 221. The average molecular weight is 197 g/mol. The van der Waals surface area contributed by atoms with Crippen molar-refractivity contribution in [1.29, 1.82) is 0 Å². The molecular weight excluding hydrogens is 178 g/mol. The molecule has 0 spiro atoms. The van der Waals surface area contributed by atoms with Gasteiger partial charge >= 0.3 is 0 Å². The Balaban J connectivity index is 1.90. The highest BCUT2D eigenvalue weighted by molar-refractivity contribution is 4.73. The SMILES string of the molecule is CC(C)OCCNCCn1ccnc1. The zero-order chi connectivity index (χ0) is 10.2. The van der Waals surface area contributed by atoms with Crippen molar-refractivity contribution in [1.82, 2.24) is 14.9 Å². The van der Waals surface area contributed by atoms with Crippen molar-refractivity contribution in [2.45, 2.75) is 26.5 Å². The summed E-state index contributed by atoms with van der Waals surface area (Å²) in [6, 6.07) is 0. The number of rotatable bonds is 7. The molecule has 1 aromatic rings. The van der Waals surface area contributed by atoms with Crippen molar-refractivity contribution in [3.63, 3.8) is 0 Å². The number of aromatic nitrogens is 2. The van der Waals surface area contributed by atoms with Gasteiger partial charge in [0.05, 0.1) is 19.0 Å². The van der Waals surface area contributed by atoms with Gasteiger partial charge in [-0.15, -0.1) is 0 Å². The summed E-state index contributed by atoms with van der Waals surface area (Å²) in [7, 11) is 0. The zero-order valence-electron chi connectivity index (χ0n) is 8.94. The zero-order valence-corrected chi connectivity index (χ0v) is 8.94. The molecule has 0 bridgehead atoms. The van der Waals surface area contributed by atoms with E-state index >= 15 is 0 Å². The maximum absolute atomic E-state index is 5.40. The summed E-state index contributed by atoms with van der Waals surface area (Å²) < 4.78 is 7.45. The molecule has 0 fully saturated rings. The highest BCUT2D eigenvalue weighted by Crippen LogP contribution is 1.86. The summed E-state index contributed by atoms with van der Waals surface area (Å²) >= 11 is 0. The highest BCUT2D eigenvalue weighted by Gasteiger charge is 1.92. The number of nitrogens with one attached hydrogen (secondary N) is 1. The van der Waals surface area contributed by atoms with Crippen LogP contribution in [0.2, 0.25) is 0 Å². The standard InChI is InChI=1S/C10H19N3O/c1-10(2)14-8-5-11-3-6-13-7-4-12-9-13/h4,7,9-11H,3,5-6,8H2,1-2H3. The quantitative estimate of drug-likeness (QED) is 0.660. The van der Waals surface area contributed by atoms with Crippen molar-refractivity contribution in [3.8, 4) is 0 Å². The molecule has 14 heavy (non-hydrogen) atoms. The van der Waals surface area contributed by atoms with E-state index in [1.54, 1.807) is 6.20 Å². The van der Waals surface area contributed by atoms with Crippen molar-refractivity contribution in [2.24, 2.45) is 0 Å². The second kappa shape index (κ2) is 6.56. The lowest BCUT2D eigenvalue weighted by Gasteiger charge is -2.08. The molecule has 0 radical (unpaired) electrons. The van der Waals surface area contributed by atoms with Crippen LogP contribution in [0.25, 0.3) is 0 Å². The van der Waals surface area contributed by atoms with Gasteiger partial charge in [-0.2, -0.15) is 0 Å². The van der Waals surface area contributed by atoms with Gasteiger partial charge < -0.3 is 14.6 Å². The molecule has 0 unspecified atom stereocenters. The van der Waals surface area contributed by atoms with Crippen molar-refractivity contribution >= 4 is 0 Å². The van der Waals surface area contributed by atoms with E-state index in [4.69, 9.17) is 4.74 Å². The van der Waals surface area contributed by atoms with Gasteiger partial charge in [0.15, 0.2) is 0 Å². The van der Waals surface area contributed by atoms with Crippen LogP contribution >= 0.6 is 0 Å². The Morgan fingerprint density at radius 1 is 1.43 bits per heavy atom. The lowest BCUT2D eigenvalue weighted by molar-refractivity contribution is 0.0808. The van der Waals surface area contributed by atoms with Crippen LogP contribution in [0.15, 0.2) is 18.7 Å². The van der Waals surface area contributed by atoms with Crippen molar-refractivity contribution in [3.05, 3.63) is 18.7 Å². The molecule has 1 aromatic heterocycles. The van der Waals surface area contributed by atoms with Gasteiger partial charge in [-0.05, 0) is 13.8 Å². The lowest BCUT2D eigenvalue weighted by Crippen LogP contribution is -2.24. The van der Waals surface area contributed by atoms with Crippen LogP contribution in [0.4, 0.5) is 0 Å². The van der Waals surface area contributed by atoms with Crippen LogP contribution in [-0.2, 0) is 11.3 Å². The van der Waals surface area contributed by atoms with E-state index < -0.39 is 0 Å². The molecule has 0 aliphatic carbocycles. The van der Waals surface area contributed by atoms with Gasteiger partial charge in [0.2, 0.25) is 0 Å². The lowest BCUT2D eigenvalue weighted by atomic mass is 10.5. The molecule has 0 atom stereocenters. The normalized spacial score (nSPS) is 11.1. The Labute approximate surface area is 85.3 Å². The number of hydrogen-bond donors (Lipinski definition) is 1. The third-order valence-corrected chi connectivity index (χ3v) is 1.84. The van der Waals surface area contributed by atoms with Crippen LogP contribution in [-0.4, -0.2) is 35.4 Å². The first-order valence-corrected chi connectivity index (χ1v) is 5.07. The Morgan fingerprint density at radius 2 is 2.29 bits per heavy atom. The van der Waals surface area contributed by atoms with E-state index in [0.717, 1.165) is 26.2 Å². The number of ether oxygens (including phenoxy) is 1. The van der Waals surface area contributed by atoms with E-state index in [1.807, 2.05) is 26.4 Å². The summed E-state index contributed by atoms with van der Waals surface area (Å²) in [4.78, 5) is 3.97. The smallest absolute Gasteiger partial charge is 0.0946 e. The largest absolute Gasteiger partial charge is 0.377 e. The molecule has 0 aromatic carbocycles. The molecule has 0 amide bonds. The monoisotopic (exact) mass is 197 g/mol.